The molecule has 1 N–H and O–H groups in total. The van der Waals surface area contributed by atoms with E-state index in [0.29, 0.717) is 12.1 Å². The highest BCUT2D eigenvalue weighted by atomic mass is 79.9. The first kappa shape index (κ1) is 16.9. The van der Waals surface area contributed by atoms with Crippen LogP contribution in [0.2, 0.25) is 0 Å². The van der Waals surface area contributed by atoms with E-state index in [1.807, 2.05) is 23.1 Å². The summed E-state index contributed by atoms with van der Waals surface area (Å²) in [5.74, 6) is -0.0215. The van der Waals surface area contributed by atoms with Gasteiger partial charge in [-0.2, -0.15) is 0 Å². The van der Waals surface area contributed by atoms with Crippen molar-refractivity contribution in [3.63, 3.8) is 0 Å². The molecule has 1 amide bonds. The Kier molecular flexibility index (Phi) is 6.22. The maximum absolute atomic E-state index is 12.8. The first-order chi connectivity index (χ1) is 10.0. The van der Waals surface area contributed by atoms with Crippen LogP contribution < -0.4 is 0 Å². The molecule has 1 heterocycles. The largest absolute Gasteiger partial charge is 0.395 e. The monoisotopic (exact) mass is 418 g/mol. The third kappa shape index (κ3) is 4.28. The summed E-state index contributed by atoms with van der Waals surface area (Å²) in [4.78, 5) is 16.9. The van der Waals surface area contributed by atoms with E-state index in [1.165, 1.54) is 0 Å². The number of piperidine rings is 1. The van der Waals surface area contributed by atoms with Crippen molar-refractivity contribution < 1.29 is 9.90 Å². The van der Waals surface area contributed by atoms with Crippen LogP contribution in [0.5, 0.6) is 0 Å². The summed E-state index contributed by atoms with van der Waals surface area (Å²) in [5.41, 5.74) is 0.636. The highest BCUT2D eigenvalue weighted by Crippen LogP contribution is 2.25. The Labute approximate surface area is 142 Å². The molecular formula is C15H20Br2N2O2. The zero-order valence-electron chi connectivity index (χ0n) is 12.1. The lowest BCUT2D eigenvalue weighted by Crippen LogP contribution is -2.47. The van der Waals surface area contributed by atoms with Crippen LogP contribution in [0.3, 0.4) is 0 Å². The molecule has 1 fully saturated rings. The number of aliphatic hydroxyl groups excluding tert-OH is 1. The Hall–Kier alpha value is -0.430. The first-order valence-electron chi connectivity index (χ1n) is 7.08. The molecule has 1 aliphatic rings. The topological polar surface area (TPSA) is 43.8 Å². The summed E-state index contributed by atoms with van der Waals surface area (Å²) in [6.45, 7) is 2.34. The van der Waals surface area contributed by atoms with Crippen molar-refractivity contribution in [2.75, 3.05) is 33.3 Å². The fourth-order valence-corrected chi connectivity index (χ4v) is 3.46. The van der Waals surface area contributed by atoms with Crippen molar-refractivity contribution in [3.8, 4) is 0 Å². The minimum atomic E-state index is -0.0215. The van der Waals surface area contributed by atoms with Gasteiger partial charge >= 0.3 is 0 Å². The summed E-state index contributed by atoms with van der Waals surface area (Å²) in [6, 6.07) is 5.79. The van der Waals surface area contributed by atoms with E-state index in [2.05, 4.69) is 43.8 Å². The molecule has 0 radical (unpaired) electrons. The van der Waals surface area contributed by atoms with Crippen LogP contribution in [0.25, 0.3) is 0 Å². The van der Waals surface area contributed by atoms with E-state index in [4.69, 9.17) is 0 Å². The van der Waals surface area contributed by atoms with Gasteiger partial charge in [-0.1, -0.05) is 15.9 Å². The van der Waals surface area contributed by atoms with Crippen molar-refractivity contribution in [1.82, 2.24) is 9.80 Å². The van der Waals surface area contributed by atoms with E-state index in [-0.39, 0.29) is 18.6 Å². The van der Waals surface area contributed by atoms with Crippen LogP contribution in [0.1, 0.15) is 23.2 Å². The molecule has 1 saturated heterocycles. The van der Waals surface area contributed by atoms with E-state index in [0.717, 1.165) is 34.9 Å². The standard InChI is InChI=1S/C15H20Br2N2O2/c1-18-6-4-12(5-7-18)19(8-9-20)15(21)13-10-11(16)2-3-14(13)17/h2-3,10,12,20H,4-9H2,1H3. The number of aliphatic hydroxyl groups is 1. The molecular weight excluding hydrogens is 400 g/mol. The van der Waals surface area contributed by atoms with Crippen LogP contribution in [-0.4, -0.2) is 60.1 Å². The van der Waals surface area contributed by atoms with Crippen LogP contribution in [0.4, 0.5) is 0 Å². The molecule has 1 aromatic rings. The van der Waals surface area contributed by atoms with E-state index < -0.39 is 0 Å². The van der Waals surface area contributed by atoms with Gasteiger partial charge in [0.15, 0.2) is 0 Å². The zero-order chi connectivity index (χ0) is 15.4. The molecule has 0 saturated carbocycles. The lowest BCUT2D eigenvalue weighted by atomic mass is 10.0. The van der Waals surface area contributed by atoms with E-state index in [9.17, 15) is 9.90 Å². The van der Waals surface area contributed by atoms with Crippen molar-refractivity contribution in [3.05, 3.63) is 32.7 Å². The van der Waals surface area contributed by atoms with Crippen molar-refractivity contribution in [1.29, 1.82) is 0 Å². The summed E-state index contributed by atoms with van der Waals surface area (Å²) < 4.78 is 1.66. The maximum atomic E-state index is 12.8. The molecule has 0 bridgehead atoms. The first-order valence-corrected chi connectivity index (χ1v) is 8.67. The van der Waals surface area contributed by atoms with Gasteiger partial charge in [0.2, 0.25) is 0 Å². The van der Waals surface area contributed by atoms with Crippen molar-refractivity contribution >= 4 is 37.8 Å². The van der Waals surface area contributed by atoms with Crippen LogP contribution in [0, 0.1) is 0 Å². The number of benzene rings is 1. The number of halogens is 2. The van der Waals surface area contributed by atoms with Crippen LogP contribution >= 0.6 is 31.9 Å². The van der Waals surface area contributed by atoms with Gasteiger partial charge in [-0.25, -0.2) is 0 Å². The highest BCUT2D eigenvalue weighted by Gasteiger charge is 2.28. The third-order valence-corrected chi connectivity index (χ3v) is 5.07. The lowest BCUT2D eigenvalue weighted by molar-refractivity contribution is 0.0539. The van der Waals surface area contributed by atoms with Gasteiger partial charge in [0.1, 0.15) is 0 Å². The highest BCUT2D eigenvalue weighted by molar-refractivity contribution is 9.11. The number of rotatable bonds is 4. The van der Waals surface area contributed by atoms with E-state index >= 15 is 0 Å². The fourth-order valence-electron chi connectivity index (χ4n) is 2.68. The third-order valence-electron chi connectivity index (χ3n) is 3.89. The summed E-state index contributed by atoms with van der Waals surface area (Å²) in [6.07, 6.45) is 1.90. The summed E-state index contributed by atoms with van der Waals surface area (Å²) in [5, 5.41) is 9.31. The van der Waals surface area contributed by atoms with Gasteiger partial charge in [-0.3, -0.25) is 4.79 Å². The maximum Gasteiger partial charge on any atom is 0.255 e. The Balaban J connectivity index is 2.20. The van der Waals surface area contributed by atoms with Gasteiger partial charge in [-0.15, -0.1) is 0 Å². The number of nitrogens with zero attached hydrogens (tertiary/aromatic N) is 2. The Morgan fingerprint density at radius 3 is 2.67 bits per heavy atom. The van der Waals surface area contributed by atoms with Gasteiger partial charge in [0, 0.05) is 21.5 Å². The number of likely N-dealkylation sites (tertiary alicyclic amines) is 1. The Morgan fingerprint density at radius 1 is 1.38 bits per heavy atom. The summed E-state index contributed by atoms with van der Waals surface area (Å²) >= 11 is 6.85. The fraction of sp³-hybridized carbons (Fsp3) is 0.533. The number of carbonyl (C=O) groups excluding carboxylic acids is 1. The number of hydrogen-bond acceptors (Lipinski definition) is 3. The second-order valence-corrected chi connectivity index (χ2v) is 7.15. The Bertz CT molecular complexity index is 502. The second kappa shape index (κ2) is 7.72. The molecule has 0 aromatic heterocycles. The smallest absolute Gasteiger partial charge is 0.255 e. The zero-order valence-corrected chi connectivity index (χ0v) is 15.2. The quantitative estimate of drug-likeness (QED) is 0.815. The van der Waals surface area contributed by atoms with E-state index in [1.54, 1.807) is 0 Å². The molecule has 4 nitrogen and oxygen atoms in total. The molecule has 0 aliphatic carbocycles. The van der Waals surface area contributed by atoms with Gasteiger partial charge in [0.25, 0.3) is 5.91 Å². The summed E-state index contributed by atoms with van der Waals surface area (Å²) in [7, 11) is 2.10. The van der Waals surface area contributed by atoms with Gasteiger partial charge < -0.3 is 14.9 Å². The van der Waals surface area contributed by atoms with Gasteiger partial charge in [-0.05, 0) is 67.1 Å². The number of hydrogen-bond donors (Lipinski definition) is 1. The molecule has 1 aromatic carbocycles. The minimum Gasteiger partial charge on any atom is -0.395 e. The molecule has 6 heteroatoms. The molecule has 1 aliphatic heterocycles. The average Bonchev–Trinajstić information content (AvgIpc) is 2.48. The molecule has 0 unspecified atom stereocenters. The van der Waals surface area contributed by atoms with Crippen molar-refractivity contribution in [2.45, 2.75) is 18.9 Å². The van der Waals surface area contributed by atoms with Crippen LogP contribution in [0.15, 0.2) is 27.1 Å². The Morgan fingerprint density at radius 2 is 2.05 bits per heavy atom. The molecule has 116 valence electrons. The number of carbonyl (C=O) groups is 1. The normalized spacial score (nSPS) is 17.0. The molecule has 21 heavy (non-hydrogen) atoms. The average molecular weight is 420 g/mol. The lowest BCUT2D eigenvalue weighted by Gasteiger charge is -2.37. The predicted octanol–water partition coefficient (Wildman–Crippen LogP) is 2.74. The SMILES string of the molecule is CN1CCC(N(CCO)C(=O)c2cc(Br)ccc2Br)CC1. The molecule has 0 spiro atoms. The predicted molar refractivity (Wildman–Crippen MR) is 90.5 cm³/mol. The molecule has 0 atom stereocenters. The van der Waals surface area contributed by atoms with Gasteiger partial charge in [0.05, 0.1) is 12.2 Å². The molecule has 2 rings (SSSR count). The second-order valence-electron chi connectivity index (χ2n) is 5.38. The minimum absolute atomic E-state index is 0.0102. The van der Waals surface area contributed by atoms with Crippen molar-refractivity contribution in [2.24, 2.45) is 0 Å². The number of amides is 1. The van der Waals surface area contributed by atoms with Crippen LogP contribution in [-0.2, 0) is 0 Å².